The van der Waals surface area contributed by atoms with Crippen molar-refractivity contribution in [3.63, 3.8) is 0 Å². The van der Waals surface area contributed by atoms with E-state index in [0.29, 0.717) is 5.88 Å². The second-order valence-electron chi connectivity index (χ2n) is 2.93. The smallest absolute Gasteiger partial charge is 0.0592 e. The summed E-state index contributed by atoms with van der Waals surface area (Å²) in [7, 11) is 0. The first-order valence-electron chi connectivity index (χ1n) is 4.21. The standard InChI is InChI=1S/C10H11BrCl2/c1-2-3-7-4-8(6-12)10(13)9(11)5-7/h4-5H,2-3,6H2,1H3. The lowest BCUT2D eigenvalue weighted by molar-refractivity contribution is 0.919. The van der Waals surface area contributed by atoms with Crippen molar-refractivity contribution in [2.45, 2.75) is 25.6 Å². The van der Waals surface area contributed by atoms with E-state index in [0.717, 1.165) is 27.9 Å². The lowest BCUT2D eigenvalue weighted by atomic mass is 10.1. The third kappa shape index (κ3) is 2.87. The first-order chi connectivity index (χ1) is 6.19. The van der Waals surface area contributed by atoms with Gasteiger partial charge in [0.2, 0.25) is 0 Å². The van der Waals surface area contributed by atoms with Gasteiger partial charge in [0.25, 0.3) is 0 Å². The van der Waals surface area contributed by atoms with Crippen LogP contribution in [0.1, 0.15) is 24.5 Å². The summed E-state index contributed by atoms with van der Waals surface area (Å²) in [5.74, 6) is 0.467. The Kier molecular flexibility index (Phi) is 4.57. The Morgan fingerprint density at radius 1 is 1.38 bits per heavy atom. The number of alkyl halides is 1. The molecule has 0 unspecified atom stereocenters. The van der Waals surface area contributed by atoms with E-state index < -0.39 is 0 Å². The molecule has 0 amide bonds. The molecule has 0 aliphatic rings. The van der Waals surface area contributed by atoms with Crippen molar-refractivity contribution >= 4 is 39.1 Å². The maximum absolute atomic E-state index is 6.03. The summed E-state index contributed by atoms with van der Waals surface area (Å²) in [6, 6.07) is 4.13. The molecule has 1 aromatic carbocycles. The van der Waals surface area contributed by atoms with Crippen LogP contribution >= 0.6 is 39.1 Å². The van der Waals surface area contributed by atoms with Gasteiger partial charge in [-0.25, -0.2) is 0 Å². The van der Waals surface area contributed by atoms with Gasteiger partial charge in [-0.3, -0.25) is 0 Å². The van der Waals surface area contributed by atoms with Crippen molar-refractivity contribution in [2.24, 2.45) is 0 Å². The Morgan fingerprint density at radius 3 is 2.62 bits per heavy atom. The zero-order chi connectivity index (χ0) is 9.84. The lowest BCUT2D eigenvalue weighted by Gasteiger charge is -2.06. The van der Waals surface area contributed by atoms with Gasteiger partial charge in [-0.1, -0.05) is 31.0 Å². The van der Waals surface area contributed by atoms with E-state index in [-0.39, 0.29) is 0 Å². The molecule has 0 radical (unpaired) electrons. The Labute approximate surface area is 97.4 Å². The third-order valence-corrected chi connectivity index (χ3v) is 3.43. The molecule has 0 bridgehead atoms. The second kappa shape index (κ2) is 5.23. The molecule has 72 valence electrons. The van der Waals surface area contributed by atoms with E-state index in [4.69, 9.17) is 23.2 Å². The number of hydrogen-bond acceptors (Lipinski definition) is 0. The lowest BCUT2D eigenvalue weighted by Crippen LogP contribution is -1.89. The Bertz CT molecular complexity index is 297. The van der Waals surface area contributed by atoms with E-state index in [1.165, 1.54) is 5.56 Å². The van der Waals surface area contributed by atoms with Crippen LogP contribution in [0.4, 0.5) is 0 Å². The molecule has 0 aromatic heterocycles. The topological polar surface area (TPSA) is 0 Å². The minimum atomic E-state index is 0.467. The van der Waals surface area contributed by atoms with Crippen molar-refractivity contribution < 1.29 is 0 Å². The molecule has 0 saturated carbocycles. The molecule has 3 heteroatoms. The van der Waals surface area contributed by atoms with Crippen LogP contribution in [-0.2, 0) is 12.3 Å². The summed E-state index contributed by atoms with van der Waals surface area (Å²) in [5, 5.41) is 0.731. The van der Waals surface area contributed by atoms with Gasteiger partial charge in [-0.15, -0.1) is 11.6 Å². The van der Waals surface area contributed by atoms with Crippen LogP contribution in [0.5, 0.6) is 0 Å². The van der Waals surface area contributed by atoms with Gasteiger partial charge in [0.05, 0.1) is 5.02 Å². The van der Waals surface area contributed by atoms with Crippen LogP contribution in [-0.4, -0.2) is 0 Å². The van der Waals surface area contributed by atoms with Crippen molar-refractivity contribution in [2.75, 3.05) is 0 Å². The van der Waals surface area contributed by atoms with E-state index in [9.17, 15) is 0 Å². The molecule has 0 N–H and O–H groups in total. The van der Waals surface area contributed by atoms with Gasteiger partial charge >= 0.3 is 0 Å². The molecule has 1 rings (SSSR count). The van der Waals surface area contributed by atoms with Crippen molar-refractivity contribution in [1.29, 1.82) is 0 Å². The molecule has 13 heavy (non-hydrogen) atoms. The predicted molar refractivity (Wildman–Crippen MR) is 62.7 cm³/mol. The number of rotatable bonds is 3. The fourth-order valence-electron chi connectivity index (χ4n) is 1.24. The summed E-state index contributed by atoms with van der Waals surface area (Å²) in [4.78, 5) is 0. The first kappa shape index (κ1) is 11.4. The van der Waals surface area contributed by atoms with Crippen LogP contribution in [0.15, 0.2) is 16.6 Å². The molecular weight excluding hydrogens is 271 g/mol. The molecule has 0 heterocycles. The van der Waals surface area contributed by atoms with Crippen molar-refractivity contribution in [3.8, 4) is 0 Å². The molecule has 0 aliphatic heterocycles. The van der Waals surface area contributed by atoms with Crippen LogP contribution in [0.25, 0.3) is 0 Å². The molecule has 0 saturated heterocycles. The molecular formula is C10H11BrCl2. The minimum Gasteiger partial charge on any atom is -0.121 e. The van der Waals surface area contributed by atoms with Gasteiger partial charge in [0.1, 0.15) is 0 Å². The molecule has 0 spiro atoms. The minimum absolute atomic E-state index is 0.467. The van der Waals surface area contributed by atoms with Crippen molar-refractivity contribution in [1.82, 2.24) is 0 Å². The maximum Gasteiger partial charge on any atom is 0.0592 e. The Hall–Kier alpha value is 0.280. The highest BCUT2D eigenvalue weighted by molar-refractivity contribution is 9.10. The third-order valence-electron chi connectivity index (χ3n) is 1.85. The maximum atomic E-state index is 6.03. The van der Waals surface area contributed by atoms with E-state index in [1.54, 1.807) is 0 Å². The first-order valence-corrected chi connectivity index (χ1v) is 5.92. The van der Waals surface area contributed by atoms with E-state index in [2.05, 4.69) is 35.0 Å². The largest absolute Gasteiger partial charge is 0.121 e. The normalized spacial score (nSPS) is 10.5. The average Bonchev–Trinajstić information content (AvgIpc) is 2.11. The molecule has 0 atom stereocenters. The van der Waals surface area contributed by atoms with Crippen molar-refractivity contribution in [3.05, 3.63) is 32.8 Å². The van der Waals surface area contributed by atoms with E-state index in [1.807, 2.05) is 0 Å². The predicted octanol–water partition coefficient (Wildman–Crippen LogP) is 4.79. The summed E-state index contributed by atoms with van der Waals surface area (Å²) >= 11 is 15.2. The van der Waals surface area contributed by atoms with Crippen LogP contribution < -0.4 is 0 Å². The fraction of sp³-hybridized carbons (Fsp3) is 0.400. The van der Waals surface area contributed by atoms with Crippen LogP contribution in [0.2, 0.25) is 5.02 Å². The molecule has 1 aromatic rings. The zero-order valence-electron chi connectivity index (χ0n) is 7.41. The van der Waals surface area contributed by atoms with Crippen LogP contribution in [0.3, 0.4) is 0 Å². The molecule has 0 fully saturated rings. The molecule has 0 nitrogen and oxygen atoms in total. The van der Waals surface area contributed by atoms with Gasteiger partial charge in [-0.2, -0.15) is 0 Å². The summed E-state index contributed by atoms with van der Waals surface area (Å²) < 4.78 is 0.941. The van der Waals surface area contributed by atoms with E-state index >= 15 is 0 Å². The number of aryl methyl sites for hydroxylation is 1. The van der Waals surface area contributed by atoms with Gasteiger partial charge in [0.15, 0.2) is 0 Å². The summed E-state index contributed by atoms with van der Waals surface area (Å²) in [5.41, 5.74) is 2.29. The fourth-order valence-corrected chi connectivity index (χ4v) is 2.24. The number of halogens is 3. The average molecular weight is 282 g/mol. The highest BCUT2D eigenvalue weighted by atomic mass is 79.9. The van der Waals surface area contributed by atoms with Crippen LogP contribution in [0, 0.1) is 0 Å². The second-order valence-corrected chi connectivity index (χ2v) is 4.43. The summed E-state index contributed by atoms with van der Waals surface area (Å²) in [6.07, 6.45) is 2.20. The number of benzene rings is 1. The quantitative estimate of drug-likeness (QED) is 0.699. The van der Waals surface area contributed by atoms with Gasteiger partial charge in [-0.05, 0) is 39.5 Å². The zero-order valence-corrected chi connectivity index (χ0v) is 10.5. The summed E-state index contributed by atoms with van der Waals surface area (Å²) in [6.45, 7) is 2.16. The Balaban J connectivity index is 3.06. The van der Waals surface area contributed by atoms with Gasteiger partial charge < -0.3 is 0 Å². The number of hydrogen-bond donors (Lipinski definition) is 0. The Morgan fingerprint density at radius 2 is 2.08 bits per heavy atom. The monoisotopic (exact) mass is 280 g/mol. The van der Waals surface area contributed by atoms with Gasteiger partial charge in [0, 0.05) is 10.4 Å². The molecule has 0 aliphatic carbocycles. The SMILES string of the molecule is CCCc1cc(Br)c(Cl)c(CCl)c1. The highest BCUT2D eigenvalue weighted by Crippen LogP contribution is 2.29. The highest BCUT2D eigenvalue weighted by Gasteiger charge is 2.05.